The molecule has 1 heterocycles. The Morgan fingerprint density at radius 1 is 1.29 bits per heavy atom. The van der Waals surface area contributed by atoms with Crippen LogP contribution in [-0.2, 0) is 9.84 Å². The number of carbonyl (C=O) groups is 1. The molecule has 0 fully saturated rings. The lowest BCUT2D eigenvalue weighted by molar-refractivity contribution is 0.0960. The van der Waals surface area contributed by atoms with E-state index in [-0.39, 0.29) is 21.4 Å². The normalized spacial score (nSPS) is 11.4. The van der Waals surface area contributed by atoms with Crippen molar-refractivity contribution in [2.24, 2.45) is 0 Å². The molecule has 0 radical (unpaired) electrons. The van der Waals surface area contributed by atoms with Crippen LogP contribution in [0.1, 0.15) is 42.8 Å². The molecule has 0 spiro atoms. The van der Waals surface area contributed by atoms with Gasteiger partial charge in [-0.2, -0.15) is 0 Å². The van der Waals surface area contributed by atoms with E-state index in [1.807, 2.05) is 0 Å². The summed E-state index contributed by atoms with van der Waals surface area (Å²) in [7, 11) is -3.49. The SMILES string of the molecule is CCCCCNc1sc(C(=O)NCC)c(N)c1S(C)(=O)=O. The van der Waals surface area contributed by atoms with Crippen LogP contribution in [-0.4, -0.2) is 33.7 Å². The first kappa shape index (κ1) is 17.8. The first-order chi connectivity index (χ1) is 9.82. The number of unbranched alkanes of at least 4 members (excludes halogenated alkanes) is 2. The summed E-state index contributed by atoms with van der Waals surface area (Å²) in [5.41, 5.74) is 5.92. The minimum Gasteiger partial charge on any atom is -0.396 e. The molecule has 0 saturated carbocycles. The van der Waals surface area contributed by atoms with Crippen LogP contribution >= 0.6 is 11.3 Å². The summed E-state index contributed by atoms with van der Waals surface area (Å²) >= 11 is 1.09. The van der Waals surface area contributed by atoms with Gasteiger partial charge in [-0.15, -0.1) is 11.3 Å². The summed E-state index contributed by atoms with van der Waals surface area (Å²) in [4.78, 5) is 12.2. The Morgan fingerprint density at radius 3 is 2.48 bits per heavy atom. The molecular weight excluding hydrogens is 310 g/mol. The number of amides is 1. The predicted octanol–water partition coefficient (Wildman–Crippen LogP) is 2.09. The Bertz CT molecular complexity index is 594. The molecule has 120 valence electrons. The van der Waals surface area contributed by atoms with Crippen molar-refractivity contribution in [2.45, 2.75) is 38.0 Å². The van der Waals surface area contributed by atoms with E-state index in [2.05, 4.69) is 17.6 Å². The van der Waals surface area contributed by atoms with Crippen molar-refractivity contribution in [3.05, 3.63) is 4.88 Å². The minimum absolute atomic E-state index is 0.0326. The first-order valence-corrected chi connectivity index (χ1v) is 9.68. The van der Waals surface area contributed by atoms with Crippen molar-refractivity contribution in [2.75, 3.05) is 30.4 Å². The van der Waals surface area contributed by atoms with E-state index in [1.165, 1.54) is 0 Å². The fourth-order valence-electron chi connectivity index (χ4n) is 1.90. The van der Waals surface area contributed by atoms with Gasteiger partial charge in [-0.1, -0.05) is 19.8 Å². The maximum Gasteiger partial charge on any atom is 0.263 e. The molecule has 1 aromatic heterocycles. The number of thiophene rings is 1. The number of anilines is 2. The lowest BCUT2D eigenvalue weighted by Crippen LogP contribution is -2.22. The standard InChI is InChI=1S/C13H23N3O3S2/c1-4-6-7-8-16-13-11(21(3,18)19)9(14)10(20-13)12(17)15-5-2/h16H,4-8,14H2,1-3H3,(H,15,17). The molecule has 0 aliphatic carbocycles. The highest BCUT2D eigenvalue weighted by Gasteiger charge is 2.26. The second-order valence-corrected chi connectivity index (χ2v) is 7.74. The molecule has 0 aromatic carbocycles. The number of nitrogens with one attached hydrogen (secondary N) is 2. The van der Waals surface area contributed by atoms with Gasteiger partial charge in [0.25, 0.3) is 5.91 Å². The van der Waals surface area contributed by atoms with Gasteiger partial charge in [0.1, 0.15) is 14.8 Å². The first-order valence-electron chi connectivity index (χ1n) is 6.97. The minimum atomic E-state index is -3.49. The molecule has 8 heteroatoms. The number of nitrogens with two attached hydrogens (primary N) is 1. The van der Waals surface area contributed by atoms with Crippen LogP contribution in [0, 0.1) is 0 Å². The summed E-state index contributed by atoms with van der Waals surface area (Å²) in [6.45, 7) is 5.01. The summed E-state index contributed by atoms with van der Waals surface area (Å²) < 4.78 is 23.8. The Morgan fingerprint density at radius 2 is 1.95 bits per heavy atom. The van der Waals surface area contributed by atoms with Gasteiger partial charge in [0, 0.05) is 19.3 Å². The number of nitrogen functional groups attached to an aromatic ring is 1. The van der Waals surface area contributed by atoms with E-state index in [1.54, 1.807) is 6.92 Å². The largest absolute Gasteiger partial charge is 0.396 e. The molecule has 0 aliphatic heterocycles. The smallest absolute Gasteiger partial charge is 0.263 e. The molecule has 1 amide bonds. The maximum absolute atomic E-state index is 11.9. The van der Waals surface area contributed by atoms with E-state index in [9.17, 15) is 13.2 Å². The van der Waals surface area contributed by atoms with Crippen LogP contribution in [0.15, 0.2) is 4.90 Å². The van der Waals surface area contributed by atoms with Gasteiger partial charge in [-0.3, -0.25) is 4.79 Å². The molecule has 0 aliphatic rings. The van der Waals surface area contributed by atoms with Gasteiger partial charge in [0.05, 0.1) is 5.69 Å². The third kappa shape index (κ3) is 4.60. The summed E-state index contributed by atoms with van der Waals surface area (Å²) in [5.74, 6) is -0.341. The zero-order valence-electron chi connectivity index (χ0n) is 12.7. The molecule has 4 N–H and O–H groups in total. The molecule has 1 rings (SSSR count). The average molecular weight is 333 g/mol. The lowest BCUT2D eigenvalue weighted by atomic mass is 10.2. The molecular formula is C13H23N3O3S2. The second kappa shape index (κ2) is 7.65. The van der Waals surface area contributed by atoms with Crippen molar-refractivity contribution in [3.8, 4) is 0 Å². The fraction of sp³-hybridized carbons (Fsp3) is 0.615. The van der Waals surface area contributed by atoms with Crippen LogP contribution in [0.4, 0.5) is 10.7 Å². The van der Waals surface area contributed by atoms with E-state index in [4.69, 9.17) is 5.73 Å². The van der Waals surface area contributed by atoms with Gasteiger partial charge in [-0.05, 0) is 13.3 Å². The lowest BCUT2D eigenvalue weighted by Gasteiger charge is -2.06. The third-order valence-electron chi connectivity index (χ3n) is 2.88. The predicted molar refractivity (Wildman–Crippen MR) is 87.9 cm³/mol. The summed E-state index contributed by atoms with van der Waals surface area (Å²) in [5, 5.41) is 6.18. The fourth-order valence-corrected chi connectivity index (χ4v) is 4.41. The number of sulfone groups is 1. The van der Waals surface area contributed by atoms with Gasteiger partial charge in [0.15, 0.2) is 9.84 Å². The molecule has 0 saturated heterocycles. The third-order valence-corrected chi connectivity index (χ3v) is 5.34. The molecule has 0 atom stereocenters. The van der Waals surface area contributed by atoms with E-state index >= 15 is 0 Å². The van der Waals surface area contributed by atoms with Crippen molar-refractivity contribution in [1.82, 2.24) is 5.32 Å². The van der Waals surface area contributed by atoms with E-state index in [0.717, 1.165) is 36.9 Å². The highest BCUT2D eigenvalue weighted by molar-refractivity contribution is 7.91. The zero-order chi connectivity index (χ0) is 16.0. The number of carbonyl (C=O) groups excluding carboxylic acids is 1. The monoisotopic (exact) mass is 333 g/mol. The highest BCUT2D eigenvalue weighted by Crippen LogP contribution is 2.39. The van der Waals surface area contributed by atoms with Gasteiger partial charge >= 0.3 is 0 Å². The van der Waals surface area contributed by atoms with E-state index < -0.39 is 9.84 Å². The van der Waals surface area contributed by atoms with Crippen LogP contribution in [0.3, 0.4) is 0 Å². The van der Waals surface area contributed by atoms with Crippen LogP contribution in [0.25, 0.3) is 0 Å². The highest BCUT2D eigenvalue weighted by atomic mass is 32.2. The maximum atomic E-state index is 11.9. The van der Waals surface area contributed by atoms with Gasteiger partial charge in [-0.25, -0.2) is 8.42 Å². The summed E-state index contributed by atoms with van der Waals surface area (Å²) in [6.07, 6.45) is 4.18. The average Bonchev–Trinajstić information content (AvgIpc) is 2.72. The Labute approximate surface area is 130 Å². The number of rotatable bonds is 8. The van der Waals surface area contributed by atoms with Crippen molar-refractivity contribution >= 4 is 37.8 Å². The number of hydrogen-bond acceptors (Lipinski definition) is 6. The Balaban J connectivity index is 3.10. The molecule has 0 unspecified atom stereocenters. The van der Waals surface area contributed by atoms with Gasteiger partial charge in [0.2, 0.25) is 0 Å². The quantitative estimate of drug-likeness (QED) is 0.632. The van der Waals surface area contributed by atoms with Gasteiger partial charge < -0.3 is 16.4 Å². The van der Waals surface area contributed by atoms with Crippen LogP contribution < -0.4 is 16.4 Å². The second-order valence-electron chi connectivity index (χ2n) is 4.77. The van der Waals surface area contributed by atoms with Crippen LogP contribution in [0.5, 0.6) is 0 Å². The summed E-state index contributed by atoms with van der Waals surface area (Å²) in [6, 6.07) is 0. The Hall–Kier alpha value is -1.28. The molecule has 1 aromatic rings. The Kier molecular flexibility index (Phi) is 6.47. The number of hydrogen-bond donors (Lipinski definition) is 3. The van der Waals surface area contributed by atoms with Crippen molar-refractivity contribution < 1.29 is 13.2 Å². The zero-order valence-corrected chi connectivity index (χ0v) is 14.3. The molecule has 21 heavy (non-hydrogen) atoms. The topological polar surface area (TPSA) is 101 Å². The van der Waals surface area contributed by atoms with Crippen LogP contribution in [0.2, 0.25) is 0 Å². The molecule has 6 nitrogen and oxygen atoms in total. The van der Waals surface area contributed by atoms with Crippen molar-refractivity contribution in [3.63, 3.8) is 0 Å². The molecule has 0 bridgehead atoms. The van der Waals surface area contributed by atoms with E-state index in [0.29, 0.717) is 18.1 Å². The van der Waals surface area contributed by atoms with Crippen molar-refractivity contribution in [1.29, 1.82) is 0 Å².